The van der Waals surface area contributed by atoms with Crippen LogP contribution in [0.1, 0.15) is 12.5 Å². The Hall–Kier alpha value is -1.36. The van der Waals surface area contributed by atoms with Crippen molar-refractivity contribution in [2.45, 2.75) is 13.8 Å². The third-order valence-electron chi connectivity index (χ3n) is 1.95. The number of halogens is 1. The second-order valence-corrected chi connectivity index (χ2v) is 3.95. The average Bonchev–Trinajstić information content (AvgIpc) is 2.22. The summed E-state index contributed by atoms with van der Waals surface area (Å²) >= 11 is 3.06. The fraction of sp³-hybridized carbons (Fsp3) is 0.273. The number of hydrogen-bond donors (Lipinski definition) is 2. The van der Waals surface area contributed by atoms with E-state index in [0.29, 0.717) is 11.4 Å². The molecule has 1 rings (SSSR count). The molecule has 1 aromatic carbocycles. The maximum absolute atomic E-state index is 11.2. The molecule has 5 heteroatoms. The Balaban J connectivity index is 2.88. The molecule has 0 aliphatic carbocycles. The van der Waals surface area contributed by atoms with E-state index in [1.807, 2.05) is 13.0 Å². The molecule has 0 radical (unpaired) electrons. The minimum absolute atomic E-state index is 0.127. The third kappa shape index (κ3) is 3.66. The molecule has 0 aromatic heterocycles. The molecule has 1 aromatic rings. The van der Waals surface area contributed by atoms with Crippen molar-refractivity contribution in [3.63, 3.8) is 0 Å². The van der Waals surface area contributed by atoms with E-state index in [1.165, 1.54) is 6.92 Å². The van der Waals surface area contributed by atoms with Crippen LogP contribution in [0.2, 0.25) is 0 Å². The first-order chi connectivity index (χ1) is 7.52. The zero-order valence-electron chi connectivity index (χ0n) is 9.13. The molecule has 0 aliphatic heterocycles. The van der Waals surface area contributed by atoms with Gasteiger partial charge in [0.2, 0.25) is 11.8 Å². The van der Waals surface area contributed by atoms with Gasteiger partial charge in [-0.2, -0.15) is 0 Å². The summed E-state index contributed by atoms with van der Waals surface area (Å²) in [6.45, 7) is 3.34. The lowest BCUT2D eigenvalue weighted by Gasteiger charge is -2.09. The predicted molar refractivity (Wildman–Crippen MR) is 67.9 cm³/mol. The SMILES string of the molecule is CC(=O)Nc1cc(NC(=O)CBr)ccc1C. The van der Waals surface area contributed by atoms with Crippen LogP contribution >= 0.6 is 15.9 Å². The van der Waals surface area contributed by atoms with Crippen LogP contribution in [0, 0.1) is 6.92 Å². The summed E-state index contributed by atoms with van der Waals surface area (Å²) in [5, 5.41) is 5.64. The van der Waals surface area contributed by atoms with E-state index in [-0.39, 0.29) is 17.1 Å². The number of carbonyl (C=O) groups is 2. The Bertz CT molecular complexity index is 418. The molecule has 0 heterocycles. The first-order valence-corrected chi connectivity index (χ1v) is 5.89. The first-order valence-electron chi connectivity index (χ1n) is 4.77. The largest absolute Gasteiger partial charge is 0.326 e. The number of amides is 2. The highest BCUT2D eigenvalue weighted by Crippen LogP contribution is 2.20. The minimum Gasteiger partial charge on any atom is -0.326 e. The van der Waals surface area contributed by atoms with Gasteiger partial charge in [0.25, 0.3) is 0 Å². The van der Waals surface area contributed by atoms with Crippen LogP contribution in [0.25, 0.3) is 0 Å². The second-order valence-electron chi connectivity index (χ2n) is 3.39. The highest BCUT2D eigenvalue weighted by atomic mass is 79.9. The molecule has 0 unspecified atom stereocenters. The Morgan fingerprint density at radius 2 is 2.00 bits per heavy atom. The zero-order valence-corrected chi connectivity index (χ0v) is 10.7. The van der Waals surface area contributed by atoms with Crippen molar-refractivity contribution in [3.8, 4) is 0 Å². The molecule has 2 amide bonds. The second kappa shape index (κ2) is 5.65. The quantitative estimate of drug-likeness (QED) is 0.837. The molecule has 2 N–H and O–H groups in total. The number of hydrogen-bond acceptors (Lipinski definition) is 2. The number of anilines is 2. The van der Waals surface area contributed by atoms with Crippen LogP contribution in [0.5, 0.6) is 0 Å². The molecule has 16 heavy (non-hydrogen) atoms. The molecular weight excluding hydrogens is 272 g/mol. The van der Waals surface area contributed by atoms with Crippen molar-refractivity contribution in [1.29, 1.82) is 0 Å². The van der Waals surface area contributed by atoms with E-state index in [0.717, 1.165) is 5.56 Å². The van der Waals surface area contributed by atoms with Gasteiger partial charge in [0.1, 0.15) is 0 Å². The number of carbonyl (C=O) groups excluding carboxylic acids is 2. The molecule has 0 aliphatic rings. The van der Waals surface area contributed by atoms with Gasteiger partial charge in [0.05, 0.1) is 5.33 Å². The molecule has 0 spiro atoms. The molecule has 86 valence electrons. The van der Waals surface area contributed by atoms with Crippen LogP contribution in [0.3, 0.4) is 0 Å². The number of alkyl halides is 1. The third-order valence-corrected chi connectivity index (χ3v) is 2.46. The predicted octanol–water partition coefficient (Wildman–Crippen LogP) is 2.29. The van der Waals surface area contributed by atoms with Gasteiger partial charge < -0.3 is 10.6 Å². The number of rotatable bonds is 3. The molecule has 0 saturated carbocycles. The van der Waals surface area contributed by atoms with Crippen molar-refractivity contribution >= 4 is 39.1 Å². The zero-order chi connectivity index (χ0) is 12.1. The lowest BCUT2D eigenvalue weighted by Crippen LogP contribution is -2.13. The fourth-order valence-corrected chi connectivity index (χ4v) is 1.36. The topological polar surface area (TPSA) is 58.2 Å². The minimum atomic E-state index is -0.132. The van der Waals surface area contributed by atoms with Crippen molar-refractivity contribution in [3.05, 3.63) is 23.8 Å². The first kappa shape index (κ1) is 12.7. The lowest BCUT2D eigenvalue weighted by molar-refractivity contribution is -0.114. The Morgan fingerprint density at radius 1 is 1.31 bits per heavy atom. The summed E-state index contributed by atoms with van der Waals surface area (Å²) < 4.78 is 0. The normalized spacial score (nSPS) is 9.69. The monoisotopic (exact) mass is 284 g/mol. The standard InChI is InChI=1S/C11H13BrN2O2/c1-7-3-4-9(14-11(16)6-12)5-10(7)13-8(2)15/h3-5H,6H2,1-2H3,(H,13,15)(H,14,16). The summed E-state index contributed by atoms with van der Waals surface area (Å²) in [5.41, 5.74) is 2.32. The van der Waals surface area contributed by atoms with Gasteiger partial charge in [0, 0.05) is 18.3 Å². The van der Waals surface area contributed by atoms with Crippen LogP contribution < -0.4 is 10.6 Å². The molecule has 0 fully saturated rings. The molecule has 0 saturated heterocycles. The van der Waals surface area contributed by atoms with E-state index < -0.39 is 0 Å². The van der Waals surface area contributed by atoms with E-state index >= 15 is 0 Å². The number of benzene rings is 1. The number of nitrogens with one attached hydrogen (secondary N) is 2. The summed E-state index contributed by atoms with van der Waals surface area (Å²) in [7, 11) is 0. The Morgan fingerprint density at radius 3 is 2.56 bits per heavy atom. The van der Waals surface area contributed by atoms with Crippen LogP contribution in [-0.2, 0) is 9.59 Å². The number of aryl methyl sites for hydroxylation is 1. The van der Waals surface area contributed by atoms with Crippen molar-refractivity contribution in [1.82, 2.24) is 0 Å². The van der Waals surface area contributed by atoms with E-state index in [2.05, 4.69) is 26.6 Å². The van der Waals surface area contributed by atoms with Crippen LogP contribution in [0.15, 0.2) is 18.2 Å². The molecule has 0 atom stereocenters. The van der Waals surface area contributed by atoms with Crippen molar-refractivity contribution < 1.29 is 9.59 Å². The summed E-state index contributed by atoms with van der Waals surface area (Å²) in [6.07, 6.45) is 0. The maximum atomic E-state index is 11.2. The smallest absolute Gasteiger partial charge is 0.235 e. The van der Waals surface area contributed by atoms with E-state index in [4.69, 9.17) is 0 Å². The van der Waals surface area contributed by atoms with Gasteiger partial charge in [-0.05, 0) is 24.6 Å². The van der Waals surface area contributed by atoms with E-state index in [1.54, 1.807) is 12.1 Å². The van der Waals surface area contributed by atoms with E-state index in [9.17, 15) is 9.59 Å². The van der Waals surface area contributed by atoms with Gasteiger partial charge >= 0.3 is 0 Å². The highest BCUT2D eigenvalue weighted by molar-refractivity contribution is 9.09. The molecular formula is C11H13BrN2O2. The molecule has 4 nitrogen and oxygen atoms in total. The summed E-state index contributed by atoms with van der Waals surface area (Å²) in [4.78, 5) is 22.1. The van der Waals surface area contributed by atoms with Gasteiger partial charge in [-0.15, -0.1) is 0 Å². The Kier molecular flexibility index (Phi) is 4.49. The Labute approximate surface area is 103 Å². The van der Waals surface area contributed by atoms with Crippen molar-refractivity contribution in [2.24, 2.45) is 0 Å². The van der Waals surface area contributed by atoms with Gasteiger partial charge in [-0.3, -0.25) is 9.59 Å². The van der Waals surface area contributed by atoms with Gasteiger partial charge in [-0.25, -0.2) is 0 Å². The van der Waals surface area contributed by atoms with Crippen molar-refractivity contribution in [2.75, 3.05) is 16.0 Å². The maximum Gasteiger partial charge on any atom is 0.235 e. The fourth-order valence-electron chi connectivity index (χ4n) is 1.22. The van der Waals surface area contributed by atoms with Crippen LogP contribution in [0.4, 0.5) is 11.4 Å². The average molecular weight is 285 g/mol. The highest BCUT2D eigenvalue weighted by Gasteiger charge is 2.04. The van der Waals surface area contributed by atoms with Gasteiger partial charge in [0.15, 0.2) is 0 Å². The van der Waals surface area contributed by atoms with Crippen LogP contribution in [-0.4, -0.2) is 17.1 Å². The van der Waals surface area contributed by atoms with Gasteiger partial charge in [-0.1, -0.05) is 22.0 Å². The summed E-state index contributed by atoms with van der Waals surface area (Å²) in [6, 6.07) is 5.37. The molecule has 0 bridgehead atoms. The lowest BCUT2D eigenvalue weighted by atomic mass is 10.2. The summed E-state index contributed by atoms with van der Waals surface area (Å²) in [5.74, 6) is -0.260.